The van der Waals surface area contributed by atoms with Gasteiger partial charge in [0, 0.05) is 36.5 Å². The molecule has 0 aromatic heterocycles. The van der Waals surface area contributed by atoms with Crippen molar-refractivity contribution in [1.29, 1.82) is 0 Å². The van der Waals surface area contributed by atoms with Gasteiger partial charge in [-0.15, -0.1) is 0 Å². The van der Waals surface area contributed by atoms with Gasteiger partial charge in [-0.2, -0.15) is 0 Å². The van der Waals surface area contributed by atoms with Gasteiger partial charge in [-0.25, -0.2) is 0 Å². The largest absolute Gasteiger partial charge is 0.326 e. The lowest BCUT2D eigenvalue weighted by atomic mass is 10.1. The fourth-order valence-corrected chi connectivity index (χ4v) is 2.00. The number of amides is 2. The van der Waals surface area contributed by atoms with E-state index >= 15 is 0 Å². The third kappa shape index (κ3) is 5.63. The monoisotopic (exact) mass is 333 g/mol. The summed E-state index contributed by atoms with van der Waals surface area (Å²) < 4.78 is 0. The van der Waals surface area contributed by atoms with Gasteiger partial charge in [0.2, 0.25) is 5.91 Å². The van der Waals surface area contributed by atoms with Crippen LogP contribution in [0.3, 0.4) is 0 Å². The van der Waals surface area contributed by atoms with Crippen molar-refractivity contribution in [3.8, 4) is 11.8 Å². The second-order valence-electron chi connectivity index (χ2n) is 5.35. The number of anilines is 2. The van der Waals surface area contributed by atoms with Crippen LogP contribution in [0.25, 0.3) is 0 Å². The van der Waals surface area contributed by atoms with Crippen molar-refractivity contribution in [2.75, 3.05) is 17.7 Å². The standard InChI is InChI=1S/C20H19N3O2/c1-14(21-3)7-8-16-5-4-6-17(13-16)20(25)23-19-11-9-18(10-12-19)22-15(2)24/h4-6,9-13H,1-3H3,(H,22,24)(H,23,25). The summed E-state index contributed by atoms with van der Waals surface area (Å²) in [6.45, 7) is 3.27. The normalized spacial score (nSPS) is 10.4. The highest BCUT2D eigenvalue weighted by Crippen LogP contribution is 2.15. The maximum atomic E-state index is 12.4. The van der Waals surface area contributed by atoms with Crippen molar-refractivity contribution >= 4 is 28.9 Å². The molecule has 0 saturated heterocycles. The molecule has 5 nitrogen and oxygen atoms in total. The summed E-state index contributed by atoms with van der Waals surface area (Å²) >= 11 is 0. The van der Waals surface area contributed by atoms with E-state index in [1.54, 1.807) is 49.5 Å². The zero-order chi connectivity index (χ0) is 18.2. The Labute approximate surface area is 147 Å². The predicted octanol–water partition coefficient (Wildman–Crippen LogP) is 3.34. The molecule has 2 N–H and O–H groups in total. The molecule has 0 spiro atoms. The minimum absolute atomic E-state index is 0.141. The van der Waals surface area contributed by atoms with E-state index in [0.29, 0.717) is 16.9 Å². The fourth-order valence-electron chi connectivity index (χ4n) is 2.00. The van der Waals surface area contributed by atoms with Crippen LogP contribution in [0.1, 0.15) is 29.8 Å². The fraction of sp³-hybridized carbons (Fsp3) is 0.150. The maximum Gasteiger partial charge on any atom is 0.255 e. The lowest BCUT2D eigenvalue weighted by molar-refractivity contribution is -0.114. The zero-order valence-electron chi connectivity index (χ0n) is 14.4. The van der Waals surface area contributed by atoms with Gasteiger partial charge in [0.05, 0.1) is 5.71 Å². The van der Waals surface area contributed by atoms with Gasteiger partial charge in [0.15, 0.2) is 0 Å². The third-order valence-electron chi connectivity index (χ3n) is 3.31. The summed E-state index contributed by atoms with van der Waals surface area (Å²) in [6, 6.07) is 14.0. The average molecular weight is 333 g/mol. The van der Waals surface area contributed by atoms with E-state index < -0.39 is 0 Å². The molecule has 2 rings (SSSR count). The van der Waals surface area contributed by atoms with E-state index in [9.17, 15) is 9.59 Å². The zero-order valence-corrected chi connectivity index (χ0v) is 14.4. The Bertz CT molecular complexity index is 872. The Hall–Kier alpha value is -3.39. The topological polar surface area (TPSA) is 70.6 Å². The van der Waals surface area contributed by atoms with Crippen molar-refractivity contribution in [2.24, 2.45) is 4.99 Å². The molecule has 0 heterocycles. The van der Waals surface area contributed by atoms with Crippen molar-refractivity contribution in [3.63, 3.8) is 0 Å². The Balaban J connectivity index is 2.10. The van der Waals surface area contributed by atoms with E-state index in [1.807, 2.05) is 13.0 Å². The lowest BCUT2D eigenvalue weighted by Gasteiger charge is -2.07. The van der Waals surface area contributed by atoms with Crippen molar-refractivity contribution in [1.82, 2.24) is 0 Å². The molecule has 0 aliphatic rings. The first-order chi connectivity index (χ1) is 12.0. The highest BCUT2D eigenvalue weighted by atomic mass is 16.2. The second-order valence-corrected chi connectivity index (χ2v) is 5.35. The van der Waals surface area contributed by atoms with Gasteiger partial charge in [-0.3, -0.25) is 14.6 Å². The molecular formula is C20H19N3O2. The first kappa shape index (κ1) is 18.0. The number of nitrogens with one attached hydrogen (secondary N) is 2. The second kappa shape index (κ2) is 8.46. The molecule has 0 bridgehead atoms. The maximum absolute atomic E-state index is 12.4. The van der Waals surface area contributed by atoms with E-state index in [2.05, 4.69) is 27.5 Å². The number of hydrogen-bond acceptors (Lipinski definition) is 3. The molecule has 0 unspecified atom stereocenters. The molecule has 0 saturated carbocycles. The molecule has 0 aliphatic carbocycles. The van der Waals surface area contributed by atoms with E-state index in [0.717, 1.165) is 11.3 Å². The number of nitrogens with zero attached hydrogens (tertiary/aromatic N) is 1. The van der Waals surface area contributed by atoms with Crippen LogP contribution in [0.5, 0.6) is 0 Å². The molecule has 0 atom stereocenters. The minimum atomic E-state index is -0.225. The molecule has 0 fully saturated rings. The molecule has 2 aromatic rings. The van der Waals surface area contributed by atoms with Gasteiger partial charge in [-0.1, -0.05) is 12.0 Å². The van der Waals surface area contributed by atoms with E-state index in [1.165, 1.54) is 6.92 Å². The molecule has 0 aliphatic heterocycles. The predicted molar refractivity (Wildman–Crippen MR) is 101 cm³/mol. The summed E-state index contributed by atoms with van der Waals surface area (Å²) in [4.78, 5) is 27.4. The highest BCUT2D eigenvalue weighted by molar-refractivity contribution is 6.04. The van der Waals surface area contributed by atoms with Crippen LogP contribution in [0, 0.1) is 11.8 Å². The van der Waals surface area contributed by atoms with E-state index in [4.69, 9.17) is 0 Å². The Morgan fingerprint density at radius 2 is 1.60 bits per heavy atom. The Morgan fingerprint density at radius 1 is 0.960 bits per heavy atom. The number of carbonyl (C=O) groups excluding carboxylic acids is 2. The highest BCUT2D eigenvalue weighted by Gasteiger charge is 2.06. The molecule has 5 heteroatoms. The number of aliphatic imine (C=N–C) groups is 1. The van der Waals surface area contributed by atoms with Crippen LogP contribution in [0.4, 0.5) is 11.4 Å². The van der Waals surface area contributed by atoms with Crippen LogP contribution in [0.15, 0.2) is 53.5 Å². The molecule has 2 amide bonds. The van der Waals surface area contributed by atoms with Crippen molar-refractivity contribution in [3.05, 3.63) is 59.7 Å². The van der Waals surface area contributed by atoms with Gasteiger partial charge in [0.1, 0.15) is 0 Å². The molecule has 25 heavy (non-hydrogen) atoms. The number of rotatable bonds is 3. The SMILES string of the molecule is CN=C(C)C#Cc1cccc(C(=O)Nc2ccc(NC(C)=O)cc2)c1. The summed E-state index contributed by atoms with van der Waals surface area (Å²) in [5, 5.41) is 5.49. The molecular weight excluding hydrogens is 314 g/mol. The summed E-state index contributed by atoms with van der Waals surface area (Å²) in [5.41, 5.74) is 3.31. The van der Waals surface area contributed by atoms with Crippen LogP contribution >= 0.6 is 0 Å². The van der Waals surface area contributed by atoms with Crippen LogP contribution in [0.2, 0.25) is 0 Å². The lowest BCUT2D eigenvalue weighted by Crippen LogP contribution is -2.12. The molecule has 126 valence electrons. The smallest absolute Gasteiger partial charge is 0.255 e. The van der Waals surface area contributed by atoms with Gasteiger partial charge >= 0.3 is 0 Å². The van der Waals surface area contributed by atoms with Crippen molar-refractivity contribution in [2.45, 2.75) is 13.8 Å². The first-order valence-electron chi connectivity index (χ1n) is 7.72. The van der Waals surface area contributed by atoms with Crippen LogP contribution in [-0.2, 0) is 4.79 Å². The number of carbonyl (C=O) groups is 2. The minimum Gasteiger partial charge on any atom is -0.326 e. The van der Waals surface area contributed by atoms with Crippen LogP contribution in [-0.4, -0.2) is 24.6 Å². The quantitative estimate of drug-likeness (QED) is 0.668. The Morgan fingerprint density at radius 3 is 2.20 bits per heavy atom. The molecule has 2 aromatic carbocycles. The third-order valence-corrected chi connectivity index (χ3v) is 3.31. The summed E-state index contributed by atoms with van der Waals surface area (Å²) in [5.74, 6) is 5.53. The van der Waals surface area contributed by atoms with Crippen LogP contribution < -0.4 is 10.6 Å². The van der Waals surface area contributed by atoms with Gasteiger partial charge in [-0.05, 0) is 55.3 Å². The summed E-state index contributed by atoms with van der Waals surface area (Å²) in [7, 11) is 1.69. The van der Waals surface area contributed by atoms with Gasteiger partial charge < -0.3 is 10.6 Å². The number of benzene rings is 2. The summed E-state index contributed by atoms with van der Waals surface area (Å²) in [6.07, 6.45) is 0. The van der Waals surface area contributed by atoms with Gasteiger partial charge in [0.25, 0.3) is 5.91 Å². The molecule has 0 radical (unpaired) electrons. The van der Waals surface area contributed by atoms with E-state index in [-0.39, 0.29) is 11.8 Å². The number of hydrogen-bond donors (Lipinski definition) is 2. The average Bonchev–Trinajstić information content (AvgIpc) is 2.61. The van der Waals surface area contributed by atoms with Crippen molar-refractivity contribution < 1.29 is 9.59 Å². The first-order valence-corrected chi connectivity index (χ1v) is 7.72. The Kier molecular flexibility index (Phi) is 6.08.